The predicted octanol–water partition coefficient (Wildman–Crippen LogP) is 3.01. The Morgan fingerprint density at radius 2 is 2.08 bits per heavy atom. The number of aliphatic carboxylic acids is 1. The van der Waals surface area contributed by atoms with Gasteiger partial charge in [-0.25, -0.2) is 0 Å². The Morgan fingerprint density at radius 1 is 1.54 bits per heavy atom. The Balaban J connectivity index is 4.22. The molecule has 2 nitrogen and oxygen atoms in total. The third kappa shape index (κ3) is 3.92. The van der Waals surface area contributed by atoms with E-state index in [1.54, 1.807) is 6.92 Å². The van der Waals surface area contributed by atoms with Crippen molar-refractivity contribution < 1.29 is 9.90 Å². The largest absolute Gasteiger partial charge is 0.481 e. The molecule has 0 saturated heterocycles. The molecule has 0 aromatic rings. The maximum absolute atomic E-state index is 10.8. The van der Waals surface area contributed by atoms with E-state index in [1.165, 1.54) is 11.6 Å². The van der Waals surface area contributed by atoms with Crippen molar-refractivity contribution in [3.63, 3.8) is 0 Å². The summed E-state index contributed by atoms with van der Waals surface area (Å²) in [6.07, 6.45) is 4.95. The van der Waals surface area contributed by atoms with Crippen molar-refractivity contribution in [1.82, 2.24) is 0 Å². The quantitative estimate of drug-likeness (QED) is 0.663. The number of carboxylic acids is 1. The average Bonchev–Trinajstić information content (AvgIpc) is 2.03. The summed E-state index contributed by atoms with van der Waals surface area (Å²) >= 11 is 0. The van der Waals surface area contributed by atoms with Crippen LogP contribution in [0.3, 0.4) is 0 Å². The molecule has 0 saturated carbocycles. The van der Waals surface area contributed by atoms with Crippen LogP contribution in [0.2, 0.25) is 0 Å². The highest BCUT2D eigenvalue weighted by Gasteiger charge is 2.28. The molecule has 74 valence electrons. The van der Waals surface area contributed by atoms with E-state index < -0.39 is 11.4 Å². The zero-order chi connectivity index (χ0) is 10.5. The third-order valence-electron chi connectivity index (χ3n) is 2.16. The van der Waals surface area contributed by atoms with Gasteiger partial charge >= 0.3 is 5.97 Å². The molecule has 0 aromatic heterocycles. The molecule has 0 fully saturated rings. The monoisotopic (exact) mass is 182 g/mol. The highest BCUT2D eigenvalue weighted by atomic mass is 16.4. The third-order valence-corrected chi connectivity index (χ3v) is 2.16. The van der Waals surface area contributed by atoms with Crippen LogP contribution < -0.4 is 0 Å². The topological polar surface area (TPSA) is 37.3 Å². The molecule has 0 amide bonds. The molecule has 2 heteroatoms. The molecule has 0 bridgehead atoms. The lowest BCUT2D eigenvalue weighted by Gasteiger charge is -2.18. The van der Waals surface area contributed by atoms with Crippen molar-refractivity contribution in [2.45, 2.75) is 33.6 Å². The van der Waals surface area contributed by atoms with E-state index in [9.17, 15) is 4.79 Å². The second-order valence-corrected chi connectivity index (χ2v) is 3.75. The fourth-order valence-corrected chi connectivity index (χ4v) is 0.957. The molecule has 0 aliphatic heterocycles. The summed E-state index contributed by atoms with van der Waals surface area (Å²) in [5.74, 6) is -0.801. The molecule has 13 heavy (non-hydrogen) atoms. The second-order valence-electron chi connectivity index (χ2n) is 3.75. The van der Waals surface area contributed by atoms with Crippen LogP contribution in [0.15, 0.2) is 24.3 Å². The molecule has 1 atom stereocenters. The maximum atomic E-state index is 10.8. The zero-order valence-electron chi connectivity index (χ0n) is 8.63. The standard InChI is InChI=1S/C11H18O2/c1-5-11(4,10(12)13)8-6-7-9(2)3/h5,7H,1,6,8H2,2-4H3,(H,12,13). The van der Waals surface area contributed by atoms with Gasteiger partial charge in [-0.05, 0) is 33.6 Å². The van der Waals surface area contributed by atoms with Crippen LogP contribution in [-0.2, 0) is 4.79 Å². The van der Waals surface area contributed by atoms with E-state index in [0.717, 1.165) is 6.42 Å². The van der Waals surface area contributed by atoms with Crippen LogP contribution in [0.25, 0.3) is 0 Å². The number of carbonyl (C=O) groups is 1. The van der Waals surface area contributed by atoms with E-state index in [2.05, 4.69) is 6.58 Å². The number of rotatable bonds is 5. The molecule has 0 aliphatic carbocycles. The first-order chi connectivity index (χ1) is 5.92. The van der Waals surface area contributed by atoms with Crippen LogP contribution in [-0.4, -0.2) is 11.1 Å². The van der Waals surface area contributed by atoms with Crippen molar-refractivity contribution in [2.24, 2.45) is 5.41 Å². The molecule has 1 unspecified atom stereocenters. The van der Waals surface area contributed by atoms with Gasteiger partial charge < -0.3 is 5.11 Å². The van der Waals surface area contributed by atoms with Crippen molar-refractivity contribution >= 4 is 5.97 Å². The van der Waals surface area contributed by atoms with Gasteiger partial charge in [0, 0.05) is 0 Å². The van der Waals surface area contributed by atoms with Gasteiger partial charge in [-0.15, -0.1) is 6.58 Å². The highest BCUT2D eigenvalue weighted by molar-refractivity contribution is 5.76. The average molecular weight is 182 g/mol. The molecular weight excluding hydrogens is 164 g/mol. The van der Waals surface area contributed by atoms with Gasteiger partial charge in [0.1, 0.15) is 0 Å². The summed E-state index contributed by atoms with van der Waals surface area (Å²) in [5, 5.41) is 8.91. The summed E-state index contributed by atoms with van der Waals surface area (Å²) in [7, 11) is 0. The normalized spacial score (nSPS) is 14.4. The van der Waals surface area contributed by atoms with Crippen molar-refractivity contribution in [1.29, 1.82) is 0 Å². The fourth-order valence-electron chi connectivity index (χ4n) is 0.957. The summed E-state index contributed by atoms with van der Waals surface area (Å²) in [5.41, 5.74) is 0.433. The van der Waals surface area contributed by atoms with Gasteiger partial charge in [-0.3, -0.25) is 4.79 Å². The summed E-state index contributed by atoms with van der Waals surface area (Å²) < 4.78 is 0. The Kier molecular flexibility index (Phi) is 4.46. The summed E-state index contributed by atoms with van der Waals surface area (Å²) in [4.78, 5) is 10.8. The Bertz CT molecular complexity index is 224. The lowest BCUT2D eigenvalue weighted by Crippen LogP contribution is -2.24. The lowest BCUT2D eigenvalue weighted by atomic mass is 9.85. The Hall–Kier alpha value is -1.05. The molecule has 0 spiro atoms. The first-order valence-corrected chi connectivity index (χ1v) is 4.43. The Labute approximate surface area is 80.0 Å². The number of hydrogen-bond donors (Lipinski definition) is 1. The van der Waals surface area contributed by atoms with Gasteiger partial charge in [0.25, 0.3) is 0 Å². The number of carboxylic acid groups (broad SMARTS) is 1. The summed E-state index contributed by atoms with van der Waals surface area (Å²) in [6.45, 7) is 9.26. The van der Waals surface area contributed by atoms with Gasteiger partial charge in [0.2, 0.25) is 0 Å². The van der Waals surface area contributed by atoms with Crippen molar-refractivity contribution in [3.05, 3.63) is 24.3 Å². The smallest absolute Gasteiger partial charge is 0.313 e. The molecule has 0 rings (SSSR count). The Morgan fingerprint density at radius 3 is 2.38 bits per heavy atom. The first kappa shape index (κ1) is 11.9. The van der Waals surface area contributed by atoms with Crippen molar-refractivity contribution in [2.75, 3.05) is 0 Å². The molecule has 0 aliphatic rings. The van der Waals surface area contributed by atoms with E-state index in [1.807, 2.05) is 19.9 Å². The summed E-state index contributed by atoms with van der Waals surface area (Å²) in [6, 6.07) is 0. The van der Waals surface area contributed by atoms with Crippen LogP contribution in [0.4, 0.5) is 0 Å². The fraction of sp³-hybridized carbons (Fsp3) is 0.545. The van der Waals surface area contributed by atoms with Gasteiger partial charge in [0.15, 0.2) is 0 Å². The maximum Gasteiger partial charge on any atom is 0.313 e. The van der Waals surface area contributed by atoms with E-state index in [4.69, 9.17) is 5.11 Å². The van der Waals surface area contributed by atoms with Crippen LogP contribution in [0.1, 0.15) is 33.6 Å². The highest BCUT2D eigenvalue weighted by Crippen LogP contribution is 2.25. The van der Waals surface area contributed by atoms with E-state index >= 15 is 0 Å². The van der Waals surface area contributed by atoms with Crippen LogP contribution in [0, 0.1) is 5.41 Å². The van der Waals surface area contributed by atoms with Gasteiger partial charge in [-0.1, -0.05) is 17.7 Å². The van der Waals surface area contributed by atoms with Crippen LogP contribution in [0.5, 0.6) is 0 Å². The van der Waals surface area contributed by atoms with Gasteiger partial charge in [0.05, 0.1) is 5.41 Å². The minimum atomic E-state index is -0.801. The zero-order valence-corrected chi connectivity index (χ0v) is 8.63. The molecule has 0 heterocycles. The predicted molar refractivity (Wildman–Crippen MR) is 54.6 cm³/mol. The first-order valence-electron chi connectivity index (χ1n) is 4.43. The van der Waals surface area contributed by atoms with Crippen LogP contribution >= 0.6 is 0 Å². The minimum Gasteiger partial charge on any atom is -0.481 e. The van der Waals surface area contributed by atoms with E-state index in [-0.39, 0.29) is 0 Å². The van der Waals surface area contributed by atoms with E-state index in [0.29, 0.717) is 6.42 Å². The molecule has 1 N–H and O–H groups in total. The van der Waals surface area contributed by atoms with Crippen molar-refractivity contribution in [3.8, 4) is 0 Å². The minimum absolute atomic E-state index is 0.608. The lowest BCUT2D eigenvalue weighted by molar-refractivity contribution is -0.145. The number of hydrogen-bond acceptors (Lipinski definition) is 1. The molecular formula is C11H18O2. The SMILES string of the molecule is C=CC(C)(CCC=C(C)C)C(=O)O. The molecule has 0 radical (unpaired) electrons. The number of allylic oxidation sites excluding steroid dienone is 2. The molecule has 0 aromatic carbocycles. The van der Waals surface area contributed by atoms with Gasteiger partial charge in [-0.2, -0.15) is 0 Å². The second kappa shape index (κ2) is 4.85.